The van der Waals surface area contributed by atoms with Gasteiger partial charge in [0, 0.05) is 15.3 Å². The number of nitrogens with one attached hydrogen (secondary N) is 1. The lowest BCUT2D eigenvalue weighted by Gasteiger charge is -2.21. The molecule has 1 unspecified atom stereocenters. The molecule has 0 bridgehead atoms. The molecule has 0 radical (unpaired) electrons. The normalized spacial score (nSPS) is 14.2. The monoisotopic (exact) mass is 225 g/mol. The van der Waals surface area contributed by atoms with Crippen LogP contribution in [0.5, 0.6) is 0 Å². The minimum atomic E-state index is 0.241. The van der Waals surface area contributed by atoms with Gasteiger partial charge < -0.3 is 5.32 Å². The Labute approximate surface area is 97.9 Å². The van der Waals surface area contributed by atoms with Gasteiger partial charge in [0.25, 0.3) is 0 Å². The number of hydrogen-bond acceptors (Lipinski definition) is 2. The van der Waals surface area contributed by atoms with Crippen LogP contribution < -0.4 is 5.32 Å². The van der Waals surface area contributed by atoms with Crippen LogP contribution >= 0.6 is 11.3 Å². The Balaban J connectivity index is 2.34. The zero-order valence-electron chi connectivity index (χ0n) is 10.6. The molecule has 1 N–H and O–H groups in total. The van der Waals surface area contributed by atoms with Crippen molar-refractivity contribution in [3.05, 3.63) is 21.9 Å². The average molecular weight is 225 g/mol. The molecule has 1 atom stereocenters. The van der Waals surface area contributed by atoms with Gasteiger partial charge in [0.15, 0.2) is 0 Å². The van der Waals surface area contributed by atoms with E-state index in [1.165, 1.54) is 16.2 Å². The van der Waals surface area contributed by atoms with E-state index in [-0.39, 0.29) is 5.54 Å². The molecular weight excluding hydrogens is 202 g/mol. The van der Waals surface area contributed by atoms with E-state index in [4.69, 9.17) is 0 Å². The second-order valence-corrected chi connectivity index (χ2v) is 6.63. The van der Waals surface area contributed by atoms with Gasteiger partial charge in [-0.05, 0) is 58.7 Å². The number of rotatable bonds is 4. The van der Waals surface area contributed by atoms with Crippen LogP contribution in [0.2, 0.25) is 0 Å². The first-order valence-electron chi connectivity index (χ1n) is 5.70. The van der Waals surface area contributed by atoms with Crippen molar-refractivity contribution in [2.75, 3.05) is 6.54 Å². The standard InChI is InChI=1S/C13H23NS/c1-10(8-9-14-13(3,4)5)12-7-6-11(2)15-12/h6-7,10,14H,8-9H2,1-5H3. The van der Waals surface area contributed by atoms with Crippen molar-refractivity contribution in [1.82, 2.24) is 5.32 Å². The first-order chi connectivity index (χ1) is 6.88. The predicted octanol–water partition coefficient (Wildman–Crippen LogP) is 3.94. The molecule has 1 nitrogen and oxygen atoms in total. The van der Waals surface area contributed by atoms with Crippen LogP contribution in [-0.4, -0.2) is 12.1 Å². The molecule has 0 aliphatic heterocycles. The summed E-state index contributed by atoms with van der Waals surface area (Å²) in [6, 6.07) is 4.48. The fourth-order valence-electron chi connectivity index (χ4n) is 1.52. The fourth-order valence-corrected chi connectivity index (χ4v) is 2.49. The molecule has 1 rings (SSSR count). The Morgan fingerprint density at radius 2 is 2.00 bits per heavy atom. The Kier molecular flexibility index (Phi) is 4.35. The molecule has 0 saturated heterocycles. The molecule has 0 amide bonds. The average Bonchev–Trinajstić information content (AvgIpc) is 2.49. The molecular formula is C13H23NS. The van der Waals surface area contributed by atoms with E-state index < -0.39 is 0 Å². The highest BCUT2D eigenvalue weighted by Crippen LogP contribution is 2.26. The highest BCUT2D eigenvalue weighted by Gasteiger charge is 2.11. The second-order valence-electron chi connectivity index (χ2n) is 5.31. The van der Waals surface area contributed by atoms with Gasteiger partial charge in [0.05, 0.1) is 0 Å². The molecule has 1 aromatic heterocycles. The van der Waals surface area contributed by atoms with Gasteiger partial charge in [-0.1, -0.05) is 6.92 Å². The Morgan fingerprint density at radius 1 is 1.33 bits per heavy atom. The van der Waals surface area contributed by atoms with Crippen LogP contribution in [0.3, 0.4) is 0 Å². The first-order valence-corrected chi connectivity index (χ1v) is 6.51. The van der Waals surface area contributed by atoms with Gasteiger partial charge in [-0.15, -0.1) is 11.3 Å². The zero-order valence-corrected chi connectivity index (χ0v) is 11.4. The smallest absolute Gasteiger partial charge is 0.00965 e. The van der Waals surface area contributed by atoms with Gasteiger partial charge in [-0.25, -0.2) is 0 Å². The molecule has 86 valence electrons. The van der Waals surface area contributed by atoms with Crippen LogP contribution in [0.15, 0.2) is 12.1 Å². The van der Waals surface area contributed by atoms with Crippen molar-refractivity contribution in [1.29, 1.82) is 0 Å². The van der Waals surface area contributed by atoms with Crippen molar-refractivity contribution < 1.29 is 0 Å². The lowest BCUT2D eigenvalue weighted by Crippen LogP contribution is -2.36. The molecule has 0 aliphatic carbocycles. The lowest BCUT2D eigenvalue weighted by atomic mass is 10.0. The molecule has 1 aromatic rings. The van der Waals surface area contributed by atoms with E-state index in [2.05, 4.69) is 52.1 Å². The highest BCUT2D eigenvalue weighted by atomic mass is 32.1. The quantitative estimate of drug-likeness (QED) is 0.818. The molecule has 0 saturated carbocycles. The van der Waals surface area contributed by atoms with Crippen LogP contribution in [-0.2, 0) is 0 Å². The van der Waals surface area contributed by atoms with E-state index in [9.17, 15) is 0 Å². The van der Waals surface area contributed by atoms with Crippen molar-refractivity contribution in [3.8, 4) is 0 Å². The maximum atomic E-state index is 3.53. The third-order valence-electron chi connectivity index (χ3n) is 2.48. The van der Waals surface area contributed by atoms with Crippen molar-refractivity contribution in [2.24, 2.45) is 0 Å². The van der Waals surface area contributed by atoms with Crippen molar-refractivity contribution in [3.63, 3.8) is 0 Å². The van der Waals surface area contributed by atoms with E-state index >= 15 is 0 Å². The SMILES string of the molecule is Cc1ccc(C(C)CCNC(C)(C)C)s1. The van der Waals surface area contributed by atoms with Gasteiger partial charge >= 0.3 is 0 Å². The van der Waals surface area contributed by atoms with Crippen LogP contribution in [0, 0.1) is 6.92 Å². The minimum Gasteiger partial charge on any atom is -0.312 e. The summed E-state index contributed by atoms with van der Waals surface area (Å²) < 4.78 is 0. The summed E-state index contributed by atoms with van der Waals surface area (Å²) in [5, 5.41) is 3.53. The Hall–Kier alpha value is -0.340. The summed E-state index contributed by atoms with van der Waals surface area (Å²) in [6.07, 6.45) is 1.22. The third-order valence-corrected chi connectivity index (χ3v) is 3.71. The molecule has 0 aliphatic rings. The van der Waals surface area contributed by atoms with Crippen molar-refractivity contribution in [2.45, 2.75) is 52.5 Å². The topological polar surface area (TPSA) is 12.0 Å². The summed E-state index contributed by atoms with van der Waals surface area (Å²) in [7, 11) is 0. The number of hydrogen-bond donors (Lipinski definition) is 1. The van der Waals surface area contributed by atoms with E-state index in [1.54, 1.807) is 0 Å². The number of aryl methyl sites for hydroxylation is 1. The Morgan fingerprint density at radius 3 is 2.47 bits per heavy atom. The molecule has 0 spiro atoms. The fraction of sp³-hybridized carbons (Fsp3) is 0.692. The Bertz CT molecular complexity index is 296. The van der Waals surface area contributed by atoms with Crippen LogP contribution in [0.25, 0.3) is 0 Å². The summed E-state index contributed by atoms with van der Waals surface area (Å²) in [5.41, 5.74) is 0.241. The minimum absolute atomic E-state index is 0.241. The maximum absolute atomic E-state index is 3.53. The van der Waals surface area contributed by atoms with Crippen LogP contribution in [0.4, 0.5) is 0 Å². The first kappa shape index (κ1) is 12.7. The summed E-state index contributed by atoms with van der Waals surface area (Å²) in [4.78, 5) is 2.93. The molecule has 0 fully saturated rings. The van der Waals surface area contributed by atoms with E-state index in [0.29, 0.717) is 5.92 Å². The highest BCUT2D eigenvalue weighted by molar-refractivity contribution is 7.12. The van der Waals surface area contributed by atoms with Gasteiger partial charge in [0.1, 0.15) is 0 Å². The third kappa shape index (κ3) is 4.80. The summed E-state index contributed by atoms with van der Waals surface area (Å²) >= 11 is 1.93. The molecule has 2 heteroatoms. The van der Waals surface area contributed by atoms with Crippen LogP contribution in [0.1, 0.15) is 49.8 Å². The van der Waals surface area contributed by atoms with Gasteiger partial charge in [0.2, 0.25) is 0 Å². The molecule has 15 heavy (non-hydrogen) atoms. The van der Waals surface area contributed by atoms with Crippen molar-refractivity contribution >= 4 is 11.3 Å². The lowest BCUT2D eigenvalue weighted by molar-refractivity contribution is 0.414. The maximum Gasteiger partial charge on any atom is 0.00965 e. The predicted molar refractivity (Wildman–Crippen MR) is 69.8 cm³/mol. The largest absolute Gasteiger partial charge is 0.312 e. The van der Waals surface area contributed by atoms with E-state index in [0.717, 1.165) is 6.54 Å². The molecule has 0 aromatic carbocycles. The summed E-state index contributed by atoms with van der Waals surface area (Å²) in [5.74, 6) is 0.679. The van der Waals surface area contributed by atoms with E-state index in [1.807, 2.05) is 11.3 Å². The van der Waals surface area contributed by atoms with Gasteiger partial charge in [-0.3, -0.25) is 0 Å². The number of thiophene rings is 1. The summed E-state index contributed by atoms with van der Waals surface area (Å²) in [6.45, 7) is 12.2. The zero-order chi connectivity index (χ0) is 11.5. The second kappa shape index (κ2) is 5.13. The van der Waals surface area contributed by atoms with Gasteiger partial charge in [-0.2, -0.15) is 0 Å². The molecule has 1 heterocycles.